The number of H-pyrrole nitrogens is 1. The highest BCUT2D eigenvalue weighted by Crippen LogP contribution is 2.47. The summed E-state index contributed by atoms with van der Waals surface area (Å²) >= 11 is 0. The lowest BCUT2D eigenvalue weighted by Gasteiger charge is -2.35. The molecule has 0 saturated heterocycles. The Labute approximate surface area is 287 Å². The minimum Gasteiger partial charge on any atom is -0.493 e. The van der Waals surface area contributed by atoms with Crippen molar-refractivity contribution in [2.24, 2.45) is 5.92 Å². The third-order valence-corrected chi connectivity index (χ3v) is 9.54. The van der Waals surface area contributed by atoms with Gasteiger partial charge in [0.05, 0.1) is 18.6 Å². The van der Waals surface area contributed by atoms with Crippen molar-refractivity contribution in [1.82, 2.24) is 10.3 Å². The van der Waals surface area contributed by atoms with Crippen molar-refractivity contribution in [3.05, 3.63) is 101 Å². The Kier molecular flexibility index (Phi) is 9.99. The number of aromatic nitrogens is 1. The van der Waals surface area contributed by atoms with E-state index in [9.17, 15) is 14.4 Å². The van der Waals surface area contributed by atoms with Crippen molar-refractivity contribution in [3.8, 4) is 5.75 Å². The molecule has 6 rings (SSSR count). The SMILES string of the molecule is CCOC(=O)C1(c2ccc3c(c2)OC[C@@H](Cc2ccccc2)[C@@H]3OC(=O)[C@@H](Cc2c[nH]c3ccccc23)NC(=O)OC(C)(C)C)CCCC1. The molecule has 1 amide bonds. The minimum atomic E-state index is -1.03. The molecule has 0 radical (unpaired) electrons. The molecule has 1 aliphatic heterocycles. The molecule has 2 heterocycles. The maximum atomic E-state index is 14.3. The van der Waals surface area contributed by atoms with Crippen molar-refractivity contribution in [2.75, 3.05) is 13.2 Å². The van der Waals surface area contributed by atoms with Gasteiger partial charge in [-0.25, -0.2) is 9.59 Å². The van der Waals surface area contributed by atoms with Crippen LogP contribution in [0.3, 0.4) is 0 Å². The van der Waals surface area contributed by atoms with Gasteiger partial charge in [0, 0.05) is 35.0 Å². The predicted octanol–water partition coefficient (Wildman–Crippen LogP) is 7.51. The third kappa shape index (κ3) is 7.61. The van der Waals surface area contributed by atoms with E-state index in [0.717, 1.165) is 46.0 Å². The lowest BCUT2D eigenvalue weighted by Crippen LogP contribution is -2.46. The predicted molar refractivity (Wildman–Crippen MR) is 186 cm³/mol. The maximum Gasteiger partial charge on any atom is 0.408 e. The summed E-state index contributed by atoms with van der Waals surface area (Å²) in [7, 11) is 0. The van der Waals surface area contributed by atoms with E-state index in [1.807, 2.05) is 85.9 Å². The third-order valence-electron chi connectivity index (χ3n) is 9.54. The fourth-order valence-electron chi connectivity index (χ4n) is 7.20. The molecule has 9 heteroatoms. The molecule has 258 valence electrons. The second kappa shape index (κ2) is 14.4. The molecule has 0 bridgehead atoms. The molecule has 1 saturated carbocycles. The first kappa shape index (κ1) is 34.1. The van der Waals surface area contributed by atoms with Gasteiger partial charge in [0.25, 0.3) is 0 Å². The van der Waals surface area contributed by atoms with Crippen LogP contribution in [-0.4, -0.2) is 47.9 Å². The van der Waals surface area contributed by atoms with E-state index in [0.29, 0.717) is 38.2 Å². The van der Waals surface area contributed by atoms with Gasteiger partial charge in [-0.05, 0) is 75.8 Å². The van der Waals surface area contributed by atoms with Gasteiger partial charge < -0.3 is 29.2 Å². The highest BCUT2D eigenvalue weighted by atomic mass is 16.6. The molecule has 0 spiro atoms. The Morgan fingerprint density at radius 1 is 1.00 bits per heavy atom. The number of amides is 1. The average molecular weight is 667 g/mol. The van der Waals surface area contributed by atoms with Crippen LogP contribution in [0.5, 0.6) is 5.75 Å². The topological polar surface area (TPSA) is 116 Å². The summed E-state index contributed by atoms with van der Waals surface area (Å²) in [4.78, 5) is 43.9. The summed E-state index contributed by atoms with van der Waals surface area (Å²) in [6.07, 6.45) is 4.61. The number of ether oxygens (including phenoxy) is 4. The van der Waals surface area contributed by atoms with Crippen molar-refractivity contribution in [3.63, 3.8) is 0 Å². The standard InChI is InChI=1S/C40H46N2O7/c1-5-46-37(44)40(19-11-12-20-40)29-17-18-31-34(23-29)47-25-28(21-26-13-7-6-8-14-26)35(31)48-36(43)33(42-38(45)49-39(2,3)4)22-27-24-41-32-16-10-9-15-30(27)32/h6-10,13-18,23-24,28,33,35,41H,5,11-12,19-22,25H2,1-4H3,(H,42,45)/t28-,33-,35+/m1/s1. The van der Waals surface area contributed by atoms with E-state index >= 15 is 0 Å². The van der Waals surface area contributed by atoms with E-state index in [-0.39, 0.29) is 18.3 Å². The zero-order valence-electron chi connectivity index (χ0n) is 28.8. The van der Waals surface area contributed by atoms with Gasteiger partial charge in [0.2, 0.25) is 0 Å². The summed E-state index contributed by atoms with van der Waals surface area (Å²) in [5.41, 5.74) is 3.00. The fraction of sp³-hybridized carbons (Fsp3) is 0.425. The number of rotatable bonds is 10. The van der Waals surface area contributed by atoms with Crippen molar-refractivity contribution < 1.29 is 33.3 Å². The quantitative estimate of drug-likeness (QED) is 0.133. The number of alkyl carbamates (subject to hydrolysis) is 1. The molecule has 2 N–H and O–H groups in total. The molecule has 9 nitrogen and oxygen atoms in total. The number of benzene rings is 3. The van der Waals surface area contributed by atoms with E-state index in [1.165, 1.54) is 0 Å². The summed E-state index contributed by atoms with van der Waals surface area (Å²) in [5, 5.41) is 3.76. The number of para-hydroxylation sites is 1. The largest absolute Gasteiger partial charge is 0.493 e. The highest BCUT2D eigenvalue weighted by Gasteiger charge is 2.45. The van der Waals surface area contributed by atoms with Gasteiger partial charge in [0.15, 0.2) is 0 Å². The van der Waals surface area contributed by atoms with Crippen LogP contribution in [0.4, 0.5) is 4.79 Å². The first-order valence-corrected chi connectivity index (χ1v) is 17.3. The van der Waals surface area contributed by atoms with Gasteiger partial charge in [-0.15, -0.1) is 0 Å². The van der Waals surface area contributed by atoms with Gasteiger partial charge >= 0.3 is 18.0 Å². The number of fused-ring (bicyclic) bond motifs is 2. The average Bonchev–Trinajstić information content (AvgIpc) is 3.74. The summed E-state index contributed by atoms with van der Waals surface area (Å²) in [6, 6.07) is 22.6. The molecule has 0 unspecified atom stereocenters. The van der Waals surface area contributed by atoms with Crippen LogP contribution < -0.4 is 10.1 Å². The molecule has 49 heavy (non-hydrogen) atoms. The Balaban J connectivity index is 1.33. The fourth-order valence-corrected chi connectivity index (χ4v) is 7.20. The number of carbonyl (C=O) groups is 3. The maximum absolute atomic E-state index is 14.3. The van der Waals surface area contributed by atoms with Gasteiger partial charge in [0.1, 0.15) is 23.5 Å². The number of carbonyl (C=O) groups excluding carboxylic acids is 3. The minimum absolute atomic E-state index is 0.197. The molecule has 2 aliphatic rings. The Bertz CT molecular complexity index is 1790. The lowest BCUT2D eigenvalue weighted by molar-refractivity contribution is -0.156. The normalized spacial score (nSPS) is 18.9. The Hall–Kier alpha value is -4.79. The molecular weight excluding hydrogens is 620 g/mol. The molecule has 3 aromatic carbocycles. The second-order valence-corrected chi connectivity index (χ2v) is 14.1. The van der Waals surface area contributed by atoms with E-state index in [2.05, 4.69) is 10.3 Å². The smallest absolute Gasteiger partial charge is 0.408 e. The molecular formula is C40H46N2O7. The van der Waals surface area contributed by atoms with E-state index < -0.39 is 35.2 Å². The number of hydrogen-bond donors (Lipinski definition) is 2. The lowest BCUT2D eigenvalue weighted by atomic mass is 9.77. The van der Waals surface area contributed by atoms with Crippen LogP contribution >= 0.6 is 0 Å². The summed E-state index contributed by atoms with van der Waals surface area (Å²) in [5.74, 6) is -0.398. The first-order chi connectivity index (χ1) is 23.6. The van der Waals surface area contributed by atoms with Gasteiger partial charge in [-0.1, -0.05) is 73.5 Å². The molecule has 1 fully saturated rings. The summed E-state index contributed by atoms with van der Waals surface area (Å²) in [6.45, 7) is 7.78. The number of hydrogen-bond acceptors (Lipinski definition) is 7. The van der Waals surface area contributed by atoms with Gasteiger partial charge in [-0.3, -0.25) is 4.79 Å². The molecule has 4 aromatic rings. The van der Waals surface area contributed by atoms with E-state index in [4.69, 9.17) is 18.9 Å². The van der Waals surface area contributed by atoms with Gasteiger partial charge in [-0.2, -0.15) is 0 Å². The zero-order valence-corrected chi connectivity index (χ0v) is 28.8. The highest BCUT2D eigenvalue weighted by molar-refractivity contribution is 5.86. The van der Waals surface area contributed by atoms with Crippen LogP contribution in [0.1, 0.15) is 81.7 Å². The van der Waals surface area contributed by atoms with Crippen molar-refractivity contribution in [2.45, 2.75) is 89.4 Å². The van der Waals surface area contributed by atoms with Crippen LogP contribution in [-0.2, 0) is 42.1 Å². The monoisotopic (exact) mass is 666 g/mol. The Morgan fingerprint density at radius 2 is 1.73 bits per heavy atom. The van der Waals surface area contributed by atoms with Crippen molar-refractivity contribution in [1.29, 1.82) is 0 Å². The number of nitrogens with one attached hydrogen (secondary N) is 2. The van der Waals surface area contributed by atoms with Crippen LogP contribution in [0.2, 0.25) is 0 Å². The number of esters is 2. The van der Waals surface area contributed by atoms with Crippen LogP contribution in [0.15, 0.2) is 79.0 Å². The molecule has 1 aliphatic carbocycles. The number of aromatic amines is 1. The first-order valence-electron chi connectivity index (χ1n) is 17.3. The van der Waals surface area contributed by atoms with Crippen LogP contribution in [0, 0.1) is 5.92 Å². The second-order valence-electron chi connectivity index (χ2n) is 14.1. The van der Waals surface area contributed by atoms with E-state index in [1.54, 1.807) is 20.8 Å². The zero-order chi connectivity index (χ0) is 34.6. The molecule has 1 aromatic heterocycles. The molecule has 3 atom stereocenters. The summed E-state index contributed by atoms with van der Waals surface area (Å²) < 4.78 is 23.9. The Morgan fingerprint density at radius 3 is 2.47 bits per heavy atom. The van der Waals surface area contributed by atoms with Crippen LogP contribution in [0.25, 0.3) is 10.9 Å². The van der Waals surface area contributed by atoms with Crippen molar-refractivity contribution >= 4 is 28.9 Å².